The average molecular weight is 315 g/mol. The Morgan fingerprint density at radius 1 is 1.00 bits per heavy atom. The van der Waals surface area contributed by atoms with Gasteiger partial charge in [-0.3, -0.25) is 4.90 Å². The summed E-state index contributed by atoms with van der Waals surface area (Å²) in [5.41, 5.74) is 2.07. The topological polar surface area (TPSA) is 41.9 Å². The van der Waals surface area contributed by atoms with Crippen LogP contribution in [0.3, 0.4) is 0 Å². The van der Waals surface area contributed by atoms with E-state index in [1.165, 1.54) is 0 Å². The zero-order valence-electron chi connectivity index (χ0n) is 14.0. The first-order valence-electron chi connectivity index (χ1n) is 7.84. The first-order valence-corrected chi connectivity index (χ1v) is 7.84. The van der Waals surface area contributed by atoms with Crippen molar-refractivity contribution in [1.82, 2.24) is 4.90 Å². The molecule has 0 aliphatic heterocycles. The Morgan fingerprint density at radius 2 is 1.70 bits per heavy atom. The molecule has 23 heavy (non-hydrogen) atoms. The van der Waals surface area contributed by atoms with Gasteiger partial charge in [-0.25, -0.2) is 0 Å². The predicted molar refractivity (Wildman–Crippen MR) is 91.9 cm³/mol. The minimum atomic E-state index is -0.490. The number of aliphatic hydroxyl groups is 1. The van der Waals surface area contributed by atoms with E-state index in [-0.39, 0.29) is 0 Å². The smallest absolute Gasteiger partial charge is 0.161 e. The molecule has 0 saturated carbocycles. The van der Waals surface area contributed by atoms with Gasteiger partial charge in [-0.2, -0.15) is 0 Å². The maximum absolute atomic E-state index is 10.4. The highest BCUT2D eigenvalue weighted by molar-refractivity contribution is 5.42. The van der Waals surface area contributed by atoms with Crippen LogP contribution in [0.1, 0.15) is 24.2 Å². The van der Waals surface area contributed by atoms with E-state index in [0.717, 1.165) is 35.7 Å². The van der Waals surface area contributed by atoms with Crippen LogP contribution in [0, 0.1) is 0 Å². The van der Waals surface area contributed by atoms with Crippen LogP contribution in [0.5, 0.6) is 11.5 Å². The van der Waals surface area contributed by atoms with E-state index in [1.807, 2.05) is 48.5 Å². The third-order valence-corrected chi connectivity index (χ3v) is 3.92. The van der Waals surface area contributed by atoms with Gasteiger partial charge >= 0.3 is 0 Å². The number of hydrogen-bond acceptors (Lipinski definition) is 4. The molecular formula is C19H25NO3. The fraction of sp³-hybridized carbons (Fsp3) is 0.368. The van der Waals surface area contributed by atoms with Crippen molar-refractivity contribution in [3.63, 3.8) is 0 Å². The monoisotopic (exact) mass is 315 g/mol. The van der Waals surface area contributed by atoms with E-state index < -0.39 is 6.10 Å². The Morgan fingerprint density at radius 3 is 2.30 bits per heavy atom. The molecule has 2 aromatic carbocycles. The van der Waals surface area contributed by atoms with Crippen LogP contribution in [-0.4, -0.2) is 37.3 Å². The van der Waals surface area contributed by atoms with E-state index in [1.54, 1.807) is 14.2 Å². The normalized spacial score (nSPS) is 12.2. The van der Waals surface area contributed by atoms with Crippen LogP contribution in [-0.2, 0) is 6.54 Å². The summed E-state index contributed by atoms with van der Waals surface area (Å²) >= 11 is 0. The van der Waals surface area contributed by atoms with Crippen molar-refractivity contribution in [2.24, 2.45) is 0 Å². The lowest BCUT2D eigenvalue weighted by molar-refractivity contribution is 0.112. The largest absolute Gasteiger partial charge is 0.493 e. The Bertz CT molecular complexity index is 601. The lowest BCUT2D eigenvalue weighted by Gasteiger charge is -2.24. The molecule has 0 aliphatic rings. The van der Waals surface area contributed by atoms with Crippen LogP contribution in [0.4, 0.5) is 0 Å². The summed E-state index contributed by atoms with van der Waals surface area (Å²) in [6, 6.07) is 15.7. The molecule has 0 saturated heterocycles. The Kier molecular flexibility index (Phi) is 6.44. The van der Waals surface area contributed by atoms with Crippen LogP contribution in [0.2, 0.25) is 0 Å². The summed E-state index contributed by atoms with van der Waals surface area (Å²) in [6.07, 6.45) is -0.490. The number of benzene rings is 2. The van der Waals surface area contributed by atoms with E-state index in [4.69, 9.17) is 9.47 Å². The lowest BCUT2D eigenvalue weighted by Crippen LogP contribution is -2.28. The number of aliphatic hydroxyl groups excluding tert-OH is 1. The highest BCUT2D eigenvalue weighted by Gasteiger charge is 2.13. The van der Waals surface area contributed by atoms with Crippen molar-refractivity contribution >= 4 is 0 Å². The van der Waals surface area contributed by atoms with E-state index in [2.05, 4.69) is 11.8 Å². The molecule has 2 rings (SSSR count). The van der Waals surface area contributed by atoms with Crippen molar-refractivity contribution in [2.45, 2.75) is 19.6 Å². The first kappa shape index (κ1) is 17.3. The zero-order chi connectivity index (χ0) is 16.7. The highest BCUT2D eigenvalue weighted by Crippen LogP contribution is 2.28. The van der Waals surface area contributed by atoms with E-state index in [9.17, 15) is 5.11 Å². The molecule has 124 valence electrons. The minimum absolute atomic E-state index is 0.490. The van der Waals surface area contributed by atoms with Gasteiger partial charge in [0, 0.05) is 13.1 Å². The van der Waals surface area contributed by atoms with Gasteiger partial charge in [0.2, 0.25) is 0 Å². The highest BCUT2D eigenvalue weighted by atomic mass is 16.5. The molecule has 1 unspecified atom stereocenters. The summed E-state index contributed by atoms with van der Waals surface area (Å²) in [7, 11) is 3.27. The Balaban J connectivity index is 2.04. The Labute approximate surface area is 138 Å². The molecule has 0 spiro atoms. The standard InChI is InChI=1S/C19H25NO3/c1-4-20(14-17(21)16-8-6-5-7-9-16)13-15-10-11-18(22-2)19(12-15)23-3/h5-12,17,21H,4,13-14H2,1-3H3. The summed E-state index contributed by atoms with van der Waals surface area (Å²) in [5.74, 6) is 1.45. The van der Waals surface area contributed by atoms with Gasteiger partial charge in [0.15, 0.2) is 11.5 Å². The van der Waals surface area contributed by atoms with Gasteiger partial charge in [-0.15, -0.1) is 0 Å². The Hall–Kier alpha value is -2.04. The van der Waals surface area contributed by atoms with E-state index in [0.29, 0.717) is 6.54 Å². The number of nitrogens with zero attached hydrogens (tertiary/aromatic N) is 1. The zero-order valence-corrected chi connectivity index (χ0v) is 14.0. The predicted octanol–water partition coefficient (Wildman–Crippen LogP) is 3.26. The second-order valence-corrected chi connectivity index (χ2v) is 5.44. The molecule has 4 heteroatoms. The molecule has 0 fully saturated rings. The second-order valence-electron chi connectivity index (χ2n) is 5.44. The summed E-state index contributed by atoms with van der Waals surface area (Å²) < 4.78 is 10.6. The number of methoxy groups -OCH3 is 2. The van der Waals surface area contributed by atoms with Gasteiger partial charge in [0.1, 0.15) is 0 Å². The molecule has 0 aliphatic carbocycles. The second kappa shape index (κ2) is 8.56. The summed E-state index contributed by atoms with van der Waals surface area (Å²) in [4.78, 5) is 2.21. The van der Waals surface area contributed by atoms with Crippen LogP contribution >= 0.6 is 0 Å². The number of likely N-dealkylation sites (N-methyl/N-ethyl adjacent to an activating group) is 1. The third-order valence-electron chi connectivity index (χ3n) is 3.92. The number of hydrogen-bond donors (Lipinski definition) is 1. The van der Waals surface area contributed by atoms with Gasteiger partial charge < -0.3 is 14.6 Å². The van der Waals surface area contributed by atoms with Gasteiger partial charge in [0.05, 0.1) is 20.3 Å². The quantitative estimate of drug-likeness (QED) is 0.812. The fourth-order valence-corrected chi connectivity index (χ4v) is 2.57. The van der Waals surface area contributed by atoms with Gasteiger partial charge in [-0.1, -0.05) is 43.3 Å². The van der Waals surface area contributed by atoms with Crippen LogP contribution < -0.4 is 9.47 Å². The molecule has 1 atom stereocenters. The van der Waals surface area contributed by atoms with Crippen LogP contribution in [0.15, 0.2) is 48.5 Å². The summed E-state index contributed by atoms with van der Waals surface area (Å²) in [6.45, 7) is 4.30. The van der Waals surface area contributed by atoms with Crippen molar-refractivity contribution in [3.8, 4) is 11.5 Å². The van der Waals surface area contributed by atoms with Gasteiger partial charge in [-0.05, 0) is 29.8 Å². The van der Waals surface area contributed by atoms with Crippen molar-refractivity contribution in [2.75, 3.05) is 27.3 Å². The maximum Gasteiger partial charge on any atom is 0.161 e. The SMILES string of the molecule is CCN(Cc1ccc(OC)c(OC)c1)CC(O)c1ccccc1. The molecule has 0 aromatic heterocycles. The molecule has 1 N–H and O–H groups in total. The average Bonchev–Trinajstić information content (AvgIpc) is 2.61. The molecular weight excluding hydrogens is 290 g/mol. The van der Waals surface area contributed by atoms with E-state index >= 15 is 0 Å². The molecule has 0 heterocycles. The van der Waals surface area contributed by atoms with Gasteiger partial charge in [0.25, 0.3) is 0 Å². The third kappa shape index (κ3) is 4.71. The maximum atomic E-state index is 10.4. The molecule has 4 nitrogen and oxygen atoms in total. The van der Waals surface area contributed by atoms with Crippen LogP contribution in [0.25, 0.3) is 0 Å². The van der Waals surface area contributed by atoms with Crippen molar-refractivity contribution in [1.29, 1.82) is 0 Å². The van der Waals surface area contributed by atoms with Crippen molar-refractivity contribution < 1.29 is 14.6 Å². The molecule has 0 radical (unpaired) electrons. The summed E-state index contributed by atoms with van der Waals surface area (Å²) in [5, 5.41) is 10.4. The lowest BCUT2D eigenvalue weighted by atomic mass is 10.1. The fourth-order valence-electron chi connectivity index (χ4n) is 2.57. The molecule has 2 aromatic rings. The van der Waals surface area contributed by atoms with Crippen molar-refractivity contribution in [3.05, 3.63) is 59.7 Å². The minimum Gasteiger partial charge on any atom is -0.493 e. The molecule has 0 amide bonds. The molecule has 0 bridgehead atoms. The number of ether oxygens (including phenoxy) is 2. The first-order chi connectivity index (χ1) is 11.2. The number of rotatable bonds is 8.